The zero-order chi connectivity index (χ0) is 12.5. The first-order valence-electron chi connectivity index (χ1n) is 6.26. The number of rotatable bonds is 4. The molecule has 0 N–H and O–H groups in total. The maximum Gasteiger partial charge on any atom is 0.312 e. The summed E-state index contributed by atoms with van der Waals surface area (Å²) in [6.07, 6.45) is 3.56. The third-order valence-electron chi connectivity index (χ3n) is 4.00. The zero-order valence-electron chi connectivity index (χ0n) is 10.2. The van der Waals surface area contributed by atoms with Gasteiger partial charge in [0.15, 0.2) is 0 Å². The average Bonchev–Trinajstić information content (AvgIpc) is 2.29. The lowest BCUT2D eigenvalue weighted by molar-refractivity contribution is -0.157. The molecule has 1 aliphatic carbocycles. The molecular weight excluding hydrogens is 284 g/mol. The minimum atomic E-state index is -0.331. The van der Waals surface area contributed by atoms with Crippen molar-refractivity contribution in [1.29, 1.82) is 0 Å². The fraction of sp³-hybridized carbons (Fsp3) is 0.833. The smallest absolute Gasteiger partial charge is 0.312 e. The number of hydrogen-bond acceptors (Lipinski definition) is 2. The van der Waals surface area contributed by atoms with Crippen LogP contribution in [0.25, 0.3) is 0 Å². The van der Waals surface area contributed by atoms with E-state index in [0.717, 1.165) is 24.7 Å². The van der Waals surface area contributed by atoms with Crippen molar-refractivity contribution in [2.45, 2.75) is 26.2 Å². The van der Waals surface area contributed by atoms with E-state index in [1.165, 1.54) is 6.42 Å². The Kier molecular flexibility index (Phi) is 3.76. The summed E-state index contributed by atoms with van der Waals surface area (Å²) in [5.41, 5.74) is 0.227. The van der Waals surface area contributed by atoms with Crippen LogP contribution in [0, 0.1) is 5.41 Å². The van der Waals surface area contributed by atoms with Gasteiger partial charge in [-0.3, -0.25) is 9.59 Å². The van der Waals surface area contributed by atoms with Crippen molar-refractivity contribution in [3.8, 4) is 0 Å². The van der Waals surface area contributed by atoms with Crippen LogP contribution in [0.2, 0.25) is 0 Å². The molecule has 4 nitrogen and oxygen atoms in total. The molecule has 0 aromatic rings. The van der Waals surface area contributed by atoms with Crippen molar-refractivity contribution in [3.63, 3.8) is 0 Å². The number of halogens is 1. The van der Waals surface area contributed by atoms with E-state index in [4.69, 9.17) is 0 Å². The van der Waals surface area contributed by atoms with Crippen molar-refractivity contribution in [2.75, 3.05) is 31.5 Å². The molecular formula is C12H19BrN2O2. The molecule has 0 radical (unpaired) electrons. The highest BCUT2D eigenvalue weighted by molar-refractivity contribution is 9.09. The standard InChI is InChI=1S/C12H19BrN2O2/c1-2-14-6-7-15(11(17)10(14)16)9-12(8-13)4-3-5-12/h2-9H2,1H3. The Hall–Kier alpha value is -0.580. The van der Waals surface area contributed by atoms with Gasteiger partial charge in [0, 0.05) is 31.5 Å². The maximum atomic E-state index is 11.9. The predicted octanol–water partition coefficient (Wildman–Crippen LogP) is 1.24. The Bertz CT molecular complexity index is 323. The van der Waals surface area contributed by atoms with E-state index in [-0.39, 0.29) is 17.2 Å². The number of hydrogen-bond donors (Lipinski definition) is 0. The van der Waals surface area contributed by atoms with Crippen LogP contribution < -0.4 is 0 Å². The van der Waals surface area contributed by atoms with E-state index >= 15 is 0 Å². The van der Waals surface area contributed by atoms with E-state index in [0.29, 0.717) is 19.6 Å². The van der Waals surface area contributed by atoms with Crippen LogP contribution in [0.5, 0.6) is 0 Å². The van der Waals surface area contributed by atoms with Gasteiger partial charge in [0.05, 0.1) is 0 Å². The highest BCUT2D eigenvalue weighted by atomic mass is 79.9. The van der Waals surface area contributed by atoms with Gasteiger partial charge in [-0.2, -0.15) is 0 Å². The lowest BCUT2D eigenvalue weighted by Gasteiger charge is -2.45. The number of likely N-dealkylation sites (N-methyl/N-ethyl adjacent to an activating group) is 1. The van der Waals surface area contributed by atoms with E-state index in [1.807, 2.05) is 6.92 Å². The largest absolute Gasteiger partial charge is 0.333 e. The SMILES string of the molecule is CCN1CCN(CC2(CBr)CCC2)C(=O)C1=O. The number of amides is 2. The Labute approximate surface area is 110 Å². The summed E-state index contributed by atoms with van der Waals surface area (Å²) in [4.78, 5) is 27.1. The first kappa shape index (κ1) is 12.9. The van der Waals surface area contributed by atoms with Crippen molar-refractivity contribution in [2.24, 2.45) is 5.41 Å². The van der Waals surface area contributed by atoms with Gasteiger partial charge in [0.2, 0.25) is 0 Å². The molecule has 0 aromatic heterocycles. The van der Waals surface area contributed by atoms with Crippen LogP contribution in [0.1, 0.15) is 26.2 Å². The third-order valence-corrected chi connectivity index (χ3v) is 5.19. The van der Waals surface area contributed by atoms with Gasteiger partial charge in [-0.05, 0) is 25.2 Å². The van der Waals surface area contributed by atoms with Gasteiger partial charge in [-0.15, -0.1) is 0 Å². The number of alkyl halides is 1. The minimum Gasteiger partial charge on any atom is -0.333 e. The Morgan fingerprint density at radius 1 is 1.18 bits per heavy atom. The van der Waals surface area contributed by atoms with Gasteiger partial charge in [-0.1, -0.05) is 22.4 Å². The Balaban J connectivity index is 1.99. The molecule has 1 heterocycles. The van der Waals surface area contributed by atoms with Crippen LogP contribution >= 0.6 is 15.9 Å². The van der Waals surface area contributed by atoms with Crippen LogP contribution in [-0.4, -0.2) is 53.1 Å². The van der Waals surface area contributed by atoms with Crippen LogP contribution in [0.3, 0.4) is 0 Å². The summed E-state index contributed by atoms with van der Waals surface area (Å²) in [7, 11) is 0. The minimum absolute atomic E-state index is 0.227. The number of nitrogens with zero attached hydrogens (tertiary/aromatic N) is 2. The first-order valence-corrected chi connectivity index (χ1v) is 7.38. The molecule has 1 aliphatic heterocycles. The summed E-state index contributed by atoms with van der Waals surface area (Å²) in [5.74, 6) is -0.645. The van der Waals surface area contributed by atoms with E-state index in [1.54, 1.807) is 9.80 Å². The first-order chi connectivity index (χ1) is 8.12. The summed E-state index contributed by atoms with van der Waals surface area (Å²) in [6, 6.07) is 0. The molecule has 0 bridgehead atoms. The molecule has 5 heteroatoms. The zero-order valence-corrected chi connectivity index (χ0v) is 11.8. The Morgan fingerprint density at radius 2 is 1.76 bits per heavy atom. The second-order valence-corrected chi connectivity index (χ2v) is 5.66. The molecule has 1 saturated carbocycles. The third kappa shape index (κ3) is 2.34. The molecule has 0 spiro atoms. The molecule has 17 heavy (non-hydrogen) atoms. The molecule has 2 amide bonds. The summed E-state index contributed by atoms with van der Waals surface area (Å²) < 4.78 is 0. The van der Waals surface area contributed by atoms with Crippen LogP contribution in [0.15, 0.2) is 0 Å². The normalized spacial score (nSPS) is 23.9. The van der Waals surface area contributed by atoms with Crippen molar-refractivity contribution in [3.05, 3.63) is 0 Å². The van der Waals surface area contributed by atoms with E-state index < -0.39 is 0 Å². The highest BCUT2D eigenvalue weighted by Gasteiger charge is 2.41. The lowest BCUT2D eigenvalue weighted by Crippen LogP contribution is -2.57. The molecule has 96 valence electrons. The number of carbonyl (C=O) groups excluding carboxylic acids is 2. The van der Waals surface area contributed by atoms with E-state index in [9.17, 15) is 9.59 Å². The molecule has 1 saturated heterocycles. The number of piperazine rings is 1. The van der Waals surface area contributed by atoms with Crippen LogP contribution in [0.4, 0.5) is 0 Å². The second-order valence-electron chi connectivity index (χ2n) is 5.10. The molecule has 0 unspecified atom stereocenters. The monoisotopic (exact) mass is 302 g/mol. The van der Waals surface area contributed by atoms with Crippen LogP contribution in [-0.2, 0) is 9.59 Å². The topological polar surface area (TPSA) is 40.6 Å². The molecule has 2 aliphatic rings. The average molecular weight is 303 g/mol. The van der Waals surface area contributed by atoms with Gasteiger partial charge >= 0.3 is 11.8 Å². The predicted molar refractivity (Wildman–Crippen MR) is 68.9 cm³/mol. The molecule has 2 fully saturated rings. The van der Waals surface area contributed by atoms with E-state index in [2.05, 4.69) is 15.9 Å². The number of carbonyl (C=O) groups is 2. The maximum absolute atomic E-state index is 11.9. The fourth-order valence-corrected chi connectivity index (χ4v) is 3.32. The van der Waals surface area contributed by atoms with Crippen molar-refractivity contribution >= 4 is 27.7 Å². The lowest BCUT2D eigenvalue weighted by atomic mass is 9.70. The highest BCUT2D eigenvalue weighted by Crippen LogP contribution is 2.43. The molecule has 0 aromatic carbocycles. The van der Waals surface area contributed by atoms with Crippen molar-refractivity contribution < 1.29 is 9.59 Å². The van der Waals surface area contributed by atoms with Gasteiger partial charge < -0.3 is 9.80 Å². The van der Waals surface area contributed by atoms with Crippen molar-refractivity contribution in [1.82, 2.24) is 9.80 Å². The summed E-state index contributed by atoms with van der Waals surface area (Å²) >= 11 is 3.54. The molecule has 0 atom stereocenters. The van der Waals surface area contributed by atoms with Gasteiger partial charge in [-0.25, -0.2) is 0 Å². The quantitative estimate of drug-likeness (QED) is 0.579. The van der Waals surface area contributed by atoms with Gasteiger partial charge in [0.1, 0.15) is 0 Å². The second kappa shape index (κ2) is 4.96. The summed E-state index contributed by atoms with van der Waals surface area (Å²) in [6.45, 7) is 4.64. The fourth-order valence-electron chi connectivity index (χ4n) is 2.58. The summed E-state index contributed by atoms with van der Waals surface area (Å²) in [5, 5.41) is 0.926. The Morgan fingerprint density at radius 3 is 2.24 bits per heavy atom. The molecule has 2 rings (SSSR count). The van der Waals surface area contributed by atoms with Gasteiger partial charge in [0.25, 0.3) is 0 Å².